The normalized spacial score (nSPS) is 19.7. The van der Waals surface area contributed by atoms with Gasteiger partial charge >= 0.3 is 12.3 Å². The maximum absolute atomic E-state index is 14.6. The van der Waals surface area contributed by atoms with Crippen LogP contribution in [0.15, 0.2) is 42.7 Å². The van der Waals surface area contributed by atoms with E-state index >= 15 is 0 Å². The molecular weight excluding hydrogens is 595 g/mol. The highest BCUT2D eigenvalue weighted by Crippen LogP contribution is 2.58. The minimum Gasteiger partial charge on any atom is -0.443 e. The number of hydrogen-bond donors (Lipinski definition) is 0. The molecule has 0 bridgehead atoms. The largest absolute Gasteiger partial charge is 0.443 e. The highest BCUT2D eigenvalue weighted by molar-refractivity contribution is 6.10. The van der Waals surface area contributed by atoms with E-state index in [9.17, 15) is 22.8 Å². The maximum atomic E-state index is 14.6. The van der Waals surface area contributed by atoms with Gasteiger partial charge < -0.3 is 14.2 Å². The number of halogens is 3. The summed E-state index contributed by atoms with van der Waals surface area (Å²) >= 11 is 0. The van der Waals surface area contributed by atoms with Gasteiger partial charge in [-0.2, -0.15) is 13.2 Å². The molecular formula is C35H42F3N5O3. The quantitative estimate of drug-likeness (QED) is 0.276. The Morgan fingerprint density at radius 1 is 1.07 bits per heavy atom. The molecule has 0 unspecified atom stereocenters. The van der Waals surface area contributed by atoms with E-state index in [0.717, 1.165) is 49.6 Å². The summed E-state index contributed by atoms with van der Waals surface area (Å²) in [6, 6.07) is 10.1. The van der Waals surface area contributed by atoms with E-state index in [1.807, 2.05) is 57.5 Å². The van der Waals surface area contributed by atoms with E-state index < -0.39 is 40.3 Å². The number of amides is 2. The molecule has 3 aliphatic rings. The summed E-state index contributed by atoms with van der Waals surface area (Å²) in [7, 11) is 1.90. The highest BCUT2D eigenvalue weighted by Gasteiger charge is 2.54. The summed E-state index contributed by atoms with van der Waals surface area (Å²) in [5.41, 5.74) is -0.901. The number of ether oxygens (including phenoxy) is 1. The second kappa shape index (κ2) is 10.6. The first-order valence-electron chi connectivity index (χ1n) is 15.8. The van der Waals surface area contributed by atoms with Crippen molar-refractivity contribution in [3.05, 3.63) is 76.4 Å². The summed E-state index contributed by atoms with van der Waals surface area (Å²) in [4.78, 5) is 30.1. The number of carbonyl (C=O) groups excluding carboxylic acids is 2. The lowest BCUT2D eigenvalue weighted by Crippen LogP contribution is -2.49. The third-order valence-corrected chi connectivity index (χ3v) is 9.93. The lowest BCUT2D eigenvalue weighted by Gasteiger charge is -2.53. The van der Waals surface area contributed by atoms with Crippen LogP contribution < -0.4 is 4.90 Å². The topological polar surface area (TPSA) is 80.6 Å². The van der Waals surface area contributed by atoms with Crippen molar-refractivity contribution in [2.75, 3.05) is 4.90 Å². The number of anilines is 1. The van der Waals surface area contributed by atoms with Crippen LogP contribution in [0.1, 0.15) is 112 Å². The van der Waals surface area contributed by atoms with E-state index in [1.54, 1.807) is 12.4 Å². The predicted octanol–water partition coefficient (Wildman–Crippen LogP) is 7.78. The molecule has 8 nitrogen and oxygen atoms in total. The first-order valence-corrected chi connectivity index (χ1v) is 15.8. The Morgan fingerprint density at radius 2 is 1.76 bits per heavy atom. The molecule has 2 fully saturated rings. The number of hydrogen-bond acceptors (Lipinski definition) is 5. The second-order valence-corrected chi connectivity index (χ2v) is 15.4. The molecule has 0 saturated heterocycles. The van der Waals surface area contributed by atoms with Gasteiger partial charge in [0.15, 0.2) is 0 Å². The van der Waals surface area contributed by atoms with E-state index in [4.69, 9.17) is 4.74 Å². The van der Waals surface area contributed by atoms with Crippen LogP contribution in [0.4, 0.5) is 23.7 Å². The molecule has 0 N–H and O–H groups in total. The van der Waals surface area contributed by atoms with Crippen molar-refractivity contribution < 1.29 is 27.5 Å². The van der Waals surface area contributed by atoms with Crippen molar-refractivity contribution in [2.24, 2.45) is 12.5 Å². The average molecular weight is 638 g/mol. The van der Waals surface area contributed by atoms with Crippen LogP contribution >= 0.6 is 0 Å². The Kier molecular flexibility index (Phi) is 7.37. The zero-order chi connectivity index (χ0) is 33.4. The van der Waals surface area contributed by atoms with Gasteiger partial charge in [-0.1, -0.05) is 26.0 Å². The molecule has 1 aliphatic heterocycles. The third-order valence-electron chi connectivity index (χ3n) is 9.93. The molecule has 46 heavy (non-hydrogen) atoms. The number of aryl methyl sites for hydroxylation is 1. The number of rotatable bonds is 6. The fourth-order valence-electron chi connectivity index (χ4n) is 7.58. The van der Waals surface area contributed by atoms with Gasteiger partial charge in [0.2, 0.25) is 0 Å². The van der Waals surface area contributed by atoms with Gasteiger partial charge in [-0.15, -0.1) is 10.2 Å². The molecule has 0 atom stereocenters. The number of carbonyl (C=O) groups is 2. The smallest absolute Gasteiger partial charge is 0.416 e. The van der Waals surface area contributed by atoms with Crippen LogP contribution in [0.3, 0.4) is 0 Å². The van der Waals surface area contributed by atoms with Crippen molar-refractivity contribution in [1.82, 2.24) is 19.7 Å². The van der Waals surface area contributed by atoms with Gasteiger partial charge in [0.05, 0.1) is 17.5 Å². The minimum absolute atomic E-state index is 0.00352. The molecule has 2 heterocycles. The van der Waals surface area contributed by atoms with Crippen LogP contribution in [-0.4, -0.2) is 42.8 Å². The van der Waals surface area contributed by atoms with Crippen LogP contribution in [0.5, 0.6) is 0 Å². The number of alkyl halides is 3. The lowest BCUT2D eigenvalue weighted by molar-refractivity contribution is -0.138. The van der Waals surface area contributed by atoms with Gasteiger partial charge in [0.1, 0.15) is 17.8 Å². The predicted molar refractivity (Wildman–Crippen MR) is 167 cm³/mol. The second-order valence-electron chi connectivity index (χ2n) is 15.4. The van der Waals surface area contributed by atoms with Crippen molar-refractivity contribution in [1.29, 1.82) is 0 Å². The van der Waals surface area contributed by atoms with E-state index in [1.165, 1.54) is 15.9 Å². The number of nitrogens with zero attached hydrogens (tertiary/aromatic N) is 5. The first kappa shape index (κ1) is 32.1. The Hall–Kier alpha value is -3.89. The third kappa shape index (κ3) is 5.55. The number of benzene rings is 2. The molecule has 6 rings (SSSR count). The van der Waals surface area contributed by atoms with Gasteiger partial charge in [-0.05, 0) is 106 Å². The molecule has 3 aromatic rings. The highest BCUT2D eigenvalue weighted by atomic mass is 19.4. The van der Waals surface area contributed by atoms with Gasteiger partial charge in [-0.25, -0.2) is 4.79 Å². The minimum atomic E-state index is -4.70. The van der Waals surface area contributed by atoms with Crippen LogP contribution in [0, 0.1) is 5.41 Å². The van der Waals surface area contributed by atoms with Crippen molar-refractivity contribution in [3.8, 4) is 0 Å². The van der Waals surface area contributed by atoms with Crippen molar-refractivity contribution in [2.45, 2.75) is 109 Å². The van der Waals surface area contributed by atoms with Crippen LogP contribution in [-0.2, 0) is 36.5 Å². The first-order chi connectivity index (χ1) is 21.3. The summed E-state index contributed by atoms with van der Waals surface area (Å²) in [5, 5.41) is 8.53. The molecule has 0 radical (unpaired) electrons. The molecule has 2 saturated carbocycles. The lowest BCUT2D eigenvalue weighted by atomic mass is 9.51. The Labute approximate surface area is 267 Å². The molecule has 1 aromatic heterocycles. The zero-order valence-corrected chi connectivity index (χ0v) is 27.6. The zero-order valence-electron chi connectivity index (χ0n) is 27.6. The Morgan fingerprint density at radius 3 is 2.30 bits per heavy atom. The molecule has 11 heteroatoms. The van der Waals surface area contributed by atoms with Crippen LogP contribution in [0.25, 0.3) is 0 Å². The standard InChI is InChI=1S/C35H42F3N5O3/c1-31(2,3)43(30(45)46-33(6)12-9-13-33)17-22-14-25-26(27(15-22)35(36,37)38)18-42(28(25)44)24-11-8-10-23(16-24)34(19-32(4,5)20-34)29-40-39-21-41(29)7/h8,10-11,14-16,21H,9,12-13,17-20H2,1-7H3. The molecule has 2 aliphatic carbocycles. The fourth-order valence-corrected chi connectivity index (χ4v) is 7.58. The maximum Gasteiger partial charge on any atom is 0.416 e. The van der Waals surface area contributed by atoms with E-state index in [0.29, 0.717) is 5.69 Å². The summed E-state index contributed by atoms with van der Waals surface area (Å²) < 4.78 is 51.4. The number of fused-ring (bicyclic) bond motifs is 1. The summed E-state index contributed by atoms with van der Waals surface area (Å²) in [5.74, 6) is 0.310. The fraction of sp³-hybridized carbons (Fsp3) is 0.543. The summed E-state index contributed by atoms with van der Waals surface area (Å²) in [6.07, 6.45) is 0.474. The molecule has 0 spiro atoms. The van der Waals surface area contributed by atoms with Crippen molar-refractivity contribution >= 4 is 17.7 Å². The van der Waals surface area contributed by atoms with Gasteiger partial charge in [0, 0.05) is 30.4 Å². The average Bonchev–Trinajstić information content (AvgIpc) is 3.50. The Balaban J connectivity index is 1.34. The molecule has 2 aromatic carbocycles. The van der Waals surface area contributed by atoms with E-state index in [2.05, 4.69) is 24.0 Å². The molecule has 246 valence electrons. The Bertz CT molecular complexity index is 1690. The SMILES string of the molecule is Cn1cnnc1C1(c2cccc(N3Cc4c(cc(CN(C(=O)OC5(C)CCC5)C(C)(C)C)cc4C(F)(F)F)C3=O)c2)CC(C)(C)C1. The summed E-state index contributed by atoms with van der Waals surface area (Å²) in [6.45, 7) is 11.3. The van der Waals surface area contributed by atoms with Crippen LogP contribution in [0.2, 0.25) is 0 Å². The van der Waals surface area contributed by atoms with Gasteiger partial charge in [0.25, 0.3) is 5.91 Å². The van der Waals surface area contributed by atoms with E-state index in [-0.39, 0.29) is 35.2 Å². The monoisotopic (exact) mass is 637 g/mol. The molecule has 2 amide bonds. The van der Waals surface area contributed by atoms with Gasteiger partial charge in [-0.3, -0.25) is 9.69 Å². The van der Waals surface area contributed by atoms with Crippen molar-refractivity contribution in [3.63, 3.8) is 0 Å². The number of aromatic nitrogens is 3.